The van der Waals surface area contributed by atoms with Gasteiger partial charge in [0.2, 0.25) is 0 Å². The zero-order valence-corrected chi connectivity index (χ0v) is 19.5. The molecule has 0 unspecified atom stereocenters. The number of piperazine rings is 1. The molecule has 0 radical (unpaired) electrons. The van der Waals surface area contributed by atoms with Crippen molar-refractivity contribution in [2.45, 2.75) is 6.92 Å². The van der Waals surface area contributed by atoms with Gasteiger partial charge in [-0.2, -0.15) is 9.61 Å². The highest BCUT2D eigenvalue weighted by Crippen LogP contribution is 2.28. The standard InChI is InChI=1S/C28H25N5O2/c1-20-7-9-22(10-8-20)25-17-26-29-24(21-5-3-2-4-6-21)18-27(33(26)30-25)31-12-14-32(15-13-31)28(34)23-11-16-35-19-23/h2-11,16-19H,12-15H2,1H3. The Labute approximate surface area is 203 Å². The number of nitrogens with zero attached hydrogens (tertiary/aromatic N) is 5. The SMILES string of the molecule is Cc1ccc(-c2cc3nc(-c4ccccc4)cc(N4CCN(C(=O)c5ccoc5)CC4)n3n2)cc1. The molecular weight excluding hydrogens is 438 g/mol. The topological polar surface area (TPSA) is 66.9 Å². The van der Waals surface area contributed by atoms with E-state index in [9.17, 15) is 4.79 Å². The second-order valence-corrected chi connectivity index (χ2v) is 8.82. The van der Waals surface area contributed by atoms with Crippen LogP contribution in [0.4, 0.5) is 5.82 Å². The minimum absolute atomic E-state index is 0.00370. The van der Waals surface area contributed by atoms with Crippen LogP contribution in [0, 0.1) is 6.92 Å². The molecule has 7 nitrogen and oxygen atoms in total. The monoisotopic (exact) mass is 463 g/mol. The number of hydrogen-bond acceptors (Lipinski definition) is 5. The van der Waals surface area contributed by atoms with E-state index in [1.807, 2.05) is 33.7 Å². The number of carbonyl (C=O) groups is 1. The van der Waals surface area contributed by atoms with Gasteiger partial charge in [0.15, 0.2) is 5.65 Å². The number of benzene rings is 2. The zero-order chi connectivity index (χ0) is 23.8. The summed E-state index contributed by atoms with van der Waals surface area (Å²) in [5, 5.41) is 4.94. The molecule has 0 saturated carbocycles. The average molecular weight is 464 g/mol. The lowest BCUT2D eigenvalue weighted by Crippen LogP contribution is -2.49. The van der Waals surface area contributed by atoms with Crippen molar-refractivity contribution in [3.8, 4) is 22.5 Å². The molecule has 1 saturated heterocycles. The summed E-state index contributed by atoms with van der Waals surface area (Å²) in [6, 6.07) is 24.4. The zero-order valence-electron chi connectivity index (χ0n) is 19.5. The molecule has 4 heterocycles. The Hall–Kier alpha value is -4.39. The lowest BCUT2D eigenvalue weighted by atomic mass is 10.1. The first-order valence-corrected chi connectivity index (χ1v) is 11.8. The van der Waals surface area contributed by atoms with Gasteiger partial charge in [-0.15, -0.1) is 0 Å². The van der Waals surface area contributed by atoms with Crippen LogP contribution < -0.4 is 4.90 Å². The summed E-state index contributed by atoms with van der Waals surface area (Å²) in [4.78, 5) is 21.9. The molecular formula is C28H25N5O2. The maximum Gasteiger partial charge on any atom is 0.257 e. The summed E-state index contributed by atoms with van der Waals surface area (Å²) in [6.45, 7) is 4.74. The van der Waals surface area contributed by atoms with E-state index < -0.39 is 0 Å². The molecule has 1 aliphatic heterocycles. The molecule has 174 valence electrons. The van der Waals surface area contributed by atoms with E-state index in [-0.39, 0.29) is 5.91 Å². The molecule has 1 aliphatic rings. The number of anilines is 1. The number of furan rings is 1. The summed E-state index contributed by atoms with van der Waals surface area (Å²) in [7, 11) is 0. The van der Waals surface area contributed by atoms with Crippen molar-refractivity contribution in [3.63, 3.8) is 0 Å². The Morgan fingerprint density at radius 2 is 1.60 bits per heavy atom. The third-order valence-corrected chi connectivity index (χ3v) is 6.48. The molecule has 0 bridgehead atoms. The Kier molecular flexibility index (Phi) is 5.29. The van der Waals surface area contributed by atoms with Gasteiger partial charge in [-0.05, 0) is 13.0 Å². The smallest absolute Gasteiger partial charge is 0.257 e. The average Bonchev–Trinajstić information content (AvgIpc) is 3.59. The number of aryl methyl sites for hydroxylation is 1. The van der Waals surface area contributed by atoms with Crippen LogP contribution >= 0.6 is 0 Å². The lowest BCUT2D eigenvalue weighted by molar-refractivity contribution is 0.0745. The first kappa shape index (κ1) is 21.2. The number of hydrogen-bond donors (Lipinski definition) is 0. The number of rotatable bonds is 4. The van der Waals surface area contributed by atoms with Crippen LogP contribution in [-0.2, 0) is 0 Å². The first-order chi connectivity index (χ1) is 17.2. The summed E-state index contributed by atoms with van der Waals surface area (Å²) in [6.07, 6.45) is 3.04. The minimum Gasteiger partial charge on any atom is -0.472 e. The normalized spacial score (nSPS) is 14.0. The second kappa shape index (κ2) is 8.76. The summed E-state index contributed by atoms with van der Waals surface area (Å²) in [5.41, 5.74) is 6.51. The molecule has 0 spiro atoms. The molecule has 0 atom stereocenters. The van der Waals surface area contributed by atoms with Crippen LogP contribution in [0.5, 0.6) is 0 Å². The highest BCUT2D eigenvalue weighted by Gasteiger charge is 2.25. The van der Waals surface area contributed by atoms with Crippen LogP contribution in [0.25, 0.3) is 28.2 Å². The Bertz CT molecular complexity index is 1470. The molecule has 6 rings (SSSR count). The fourth-order valence-electron chi connectivity index (χ4n) is 4.51. The van der Waals surface area contributed by atoms with Crippen LogP contribution in [0.15, 0.2) is 89.7 Å². The van der Waals surface area contributed by atoms with Crippen molar-refractivity contribution in [2.24, 2.45) is 0 Å². The van der Waals surface area contributed by atoms with E-state index in [0.717, 1.165) is 34.0 Å². The molecule has 0 aliphatic carbocycles. The third-order valence-electron chi connectivity index (χ3n) is 6.48. The van der Waals surface area contributed by atoms with Crippen LogP contribution in [-0.4, -0.2) is 51.6 Å². The van der Waals surface area contributed by atoms with E-state index >= 15 is 0 Å². The van der Waals surface area contributed by atoms with Crippen molar-refractivity contribution in [3.05, 3.63) is 96.4 Å². The molecule has 35 heavy (non-hydrogen) atoms. The molecule has 3 aromatic heterocycles. The molecule has 1 amide bonds. The van der Waals surface area contributed by atoms with Gasteiger partial charge in [-0.25, -0.2) is 4.98 Å². The van der Waals surface area contributed by atoms with Gasteiger partial charge in [0.25, 0.3) is 5.91 Å². The third kappa shape index (κ3) is 4.05. The largest absolute Gasteiger partial charge is 0.472 e. The summed E-state index contributed by atoms with van der Waals surface area (Å²) >= 11 is 0. The predicted octanol–water partition coefficient (Wildman–Crippen LogP) is 4.93. The van der Waals surface area contributed by atoms with E-state index in [2.05, 4.69) is 54.3 Å². The number of fused-ring (bicyclic) bond motifs is 1. The van der Waals surface area contributed by atoms with Crippen molar-refractivity contribution in [2.75, 3.05) is 31.1 Å². The maximum atomic E-state index is 12.8. The van der Waals surface area contributed by atoms with E-state index in [1.165, 1.54) is 18.1 Å². The number of amides is 1. The van der Waals surface area contributed by atoms with Crippen molar-refractivity contribution in [1.29, 1.82) is 0 Å². The van der Waals surface area contributed by atoms with Crippen molar-refractivity contribution in [1.82, 2.24) is 19.5 Å². The van der Waals surface area contributed by atoms with Crippen molar-refractivity contribution >= 4 is 17.4 Å². The Balaban J connectivity index is 1.37. The van der Waals surface area contributed by atoms with Crippen LogP contribution in [0.2, 0.25) is 0 Å². The molecule has 2 aromatic carbocycles. The highest BCUT2D eigenvalue weighted by molar-refractivity contribution is 5.94. The van der Waals surface area contributed by atoms with Gasteiger partial charge in [-0.1, -0.05) is 60.2 Å². The Morgan fingerprint density at radius 3 is 2.31 bits per heavy atom. The van der Waals surface area contributed by atoms with Gasteiger partial charge >= 0.3 is 0 Å². The molecule has 1 fully saturated rings. The molecule has 7 heteroatoms. The van der Waals surface area contributed by atoms with E-state index in [1.54, 1.807) is 6.07 Å². The Morgan fingerprint density at radius 1 is 0.857 bits per heavy atom. The predicted molar refractivity (Wildman–Crippen MR) is 135 cm³/mol. The van der Waals surface area contributed by atoms with Gasteiger partial charge < -0.3 is 14.2 Å². The number of carbonyl (C=O) groups excluding carboxylic acids is 1. The van der Waals surface area contributed by atoms with Gasteiger partial charge in [0, 0.05) is 49.4 Å². The van der Waals surface area contributed by atoms with Gasteiger partial charge in [-0.3, -0.25) is 4.79 Å². The molecule has 0 N–H and O–H groups in total. The van der Waals surface area contributed by atoms with Gasteiger partial charge in [0.1, 0.15) is 12.1 Å². The maximum absolute atomic E-state index is 12.8. The van der Waals surface area contributed by atoms with E-state index in [0.29, 0.717) is 31.7 Å². The molecule has 5 aromatic rings. The first-order valence-electron chi connectivity index (χ1n) is 11.8. The lowest BCUT2D eigenvalue weighted by Gasteiger charge is -2.36. The minimum atomic E-state index is 0.00370. The second-order valence-electron chi connectivity index (χ2n) is 8.82. The quantitative estimate of drug-likeness (QED) is 0.378. The summed E-state index contributed by atoms with van der Waals surface area (Å²) in [5.74, 6) is 0.978. The van der Waals surface area contributed by atoms with Crippen LogP contribution in [0.3, 0.4) is 0 Å². The van der Waals surface area contributed by atoms with Gasteiger partial charge in [0.05, 0.1) is 23.2 Å². The van der Waals surface area contributed by atoms with E-state index in [4.69, 9.17) is 14.5 Å². The van der Waals surface area contributed by atoms with Crippen molar-refractivity contribution < 1.29 is 9.21 Å². The fourth-order valence-corrected chi connectivity index (χ4v) is 4.51. The summed E-state index contributed by atoms with van der Waals surface area (Å²) < 4.78 is 7.01. The van der Waals surface area contributed by atoms with Crippen LogP contribution in [0.1, 0.15) is 15.9 Å². The highest BCUT2D eigenvalue weighted by atomic mass is 16.3. The fraction of sp³-hybridized carbons (Fsp3) is 0.179. The number of aromatic nitrogens is 3.